The van der Waals surface area contributed by atoms with Crippen LogP contribution >= 0.6 is 0 Å². The highest BCUT2D eigenvalue weighted by Gasteiger charge is 2.51. The first kappa shape index (κ1) is 20.8. The lowest BCUT2D eigenvalue weighted by molar-refractivity contribution is -0.205. The van der Waals surface area contributed by atoms with E-state index in [1.54, 1.807) is 0 Å². The molecule has 4 heteroatoms. The quantitative estimate of drug-likeness (QED) is 0.398. The van der Waals surface area contributed by atoms with Crippen molar-refractivity contribution in [2.24, 2.45) is 5.92 Å². The van der Waals surface area contributed by atoms with Crippen LogP contribution in [0.1, 0.15) is 47.5 Å². The Hall–Kier alpha value is -1.91. The fourth-order valence-electron chi connectivity index (χ4n) is 4.37. The lowest BCUT2D eigenvalue weighted by Crippen LogP contribution is -2.66. The molecule has 0 aromatic heterocycles. The van der Waals surface area contributed by atoms with Crippen LogP contribution in [-0.2, 0) is 14.0 Å². The highest BCUT2D eigenvalue weighted by Crippen LogP contribution is 2.39. The van der Waals surface area contributed by atoms with Gasteiger partial charge in [-0.05, 0) is 42.1 Å². The third kappa shape index (κ3) is 3.81. The van der Waals surface area contributed by atoms with E-state index in [2.05, 4.69) is 81.4 Å². The lowest BCUT2D eigenvalue weighted by atomic mass is 9.82. The van der Waals surface area contributed by atoms with Gasteiger partial charge in [-0.2, -0.15) is 0 Å². The fourth-order valence-corrected chi connectivity index (χ4v) is 8.97. The first-order chi connectivity index (χ1) is 13.2. The molecule has 2 aromatic rings. The molecule has 1 saturated heterocycles. The maximum absolute atomic E-state index is 11.8. The molecule has 0 radical (unpaired) electrons. The summed E-state index contributed by atoms with van der Waals surface area (Å²) in [6.07, 6.45) is 1.66. The summed E-state index contributed by atoms with van der Waals surface area (Å²) in [4.78, 5) is 11.8. The molecule has 0 aliphatic carbocycles. The molecule has 1 fully saturated rings. The minimum Gasteiger partial charge on any atom is -0.458 e. The van der Waals surface area contributed by atoms with Gasteiger partial charge in [-0.25, -0.2) is 0 Å². The molecular weight excluding hydrogens is 364 g/mol. The number of carbonyl (C=O) groups excluding carboxylic acids is 1. The van der Waals surface area contributed by atoms with Crippen molar-refractivity contribution in [3.63, 3.8) is 0 Å². The van der Waals surface area contributed by atoms with Gasteiger partial charge < -0.3 is 9.16 Å². The Morgan fingerprint density at radius 2 is 1.46 bits per heavy atom. The Morgan fingerprint density at radius 3 is 1.86 bits per heavy atom. The van der Waals surface area contributed by atoms with Gasteiger partial charge in [0.2, 0.25) is 0 Å². The molecule has 3 nitrogen and oxygen atoms in total. The monoisotopic (exact) mass is 396 g/mol. The summed E-state index contributed by atoms with van der Waals surface area (Å²) in [6, 6.07) is 21.3. The van der Waals surface area contributed by atoms with Crippen molar-refractivity contribution >= 4 is 24.7 Å². The van der Waals surface area contributed by atoms with Crippen molar-refractivity contribution < 1.29 is 14.0 Å². The van der Waals surface area contributed by atoms with Crippen LogP contribution in [0.2, 0.25) is 5.04 Å². The van der Waals surface area contributed by atoms with Crippen molar-refractivity contribution in [1.29, 1.82) is 0 Å². The van der Waals surface area contributed by atoms with Gasteiger partial charge in [0, 0.05) is 6.61 Å². The standard InChI is InChI=1S/C24H32O3Si/c1-23(2,3)28(19-13-8-6-9-14-19,20-15-10-7-11-16-20)26-18-12-17-21-22(25)27-24(21,4)5/h6-11,13-16,21H,12,17-18H2,1-5H3. The first-order valence-corrected chi connectivity index (χ1v) is 12.1. The molecule has 0 spiro atoms. The van der Waals surface area contributed by atoms with Crippen LogP contribution in [0.15, 0.2) is 60.7 Å². The van der Waals surface area contributed by atoms with Crippen molar-refractivity contribution in [2.45, 2.75) is 58.1 Å². The van der Waals surface area contributed by atoms with E-state index in [-0.39, 0.29) is 22.5 Å². The zero-order valence-electron chi connectivity index (χ0n) is 17.7. The van der Waals surface area contributed by atoms with E-state index < -0.39 is 8.32 Å². The maximum atomic E-state index is 11.8. The third-order valence-corrected chi connectivity index (χ3v) is 10.9. The van der Waals surface area contributed by atoms with Crippen LogP contribution in [0.5, 0.6) is 0 Å². The van der Waals surface area contributed by atoms with Crippen LogP contribution in [0.3, 0.4) is 0 Å². The van der Waals surface area contributed by atoms with E-state index >= 15 is 0 Å². The molecule has 0 N–H and O–H groups in total. The predicted octanol–water partition coefficient (Wildman–Crippen LogP) is 4.29. The van der Waals surface area contributed by atoms with Gasteiger partial charge in [-0.3, -0.25) is 4.79 Å². The summed E-state index contributed by atoms with van der Waals surface area (Å²) in [5.41, 5.74) is -0.339. The van der Waals surface area contributed by atoms with Crippen LogP contribution in [0.4, 0.5) is 0 Å². The molecule has 1 aliphatic rings. The number of benzene rings is 2. The first-order valence-electron chi connectivity index (χ1n) is 10.2. The zero-order valence-corrected chi connectivity index (χ0v) is 18.7. The Labute approximate surface area is 170 Å². The van der Waals surface area contributed by atoms with Gasteiger partial charge in [-0.15, -0.1) is 0 Å². The lowest BCUT2D eigenvalue weighted by Gasteiger charge is -2.44. The van der Waals surface area contributed by atoms with Crippen molar-refractivity contribution in [3.8, 4) is 0 Å². The largest absolute Gasteiger partial charge is 0.458 e. The van der Waals surface area contributed by atoms with E-state index in [4.69, 9.17) is 9.16 Å². The molecule has 2 aromatic carbocycles. The summed E-state index contributed by atoms with van der Waals surface area (Å²) >= 11 is 0. The van der Waals surface area contributed by atoms with E-state index in [1.807, 2.05) is 13.8 Å². The van der Waals surface area contributed by atoms with Gasteiger partial charge in [-0.1, -0.05) is 81.4 Å². The average Bonchev–Trinajstić information content (AvgIpc) is 2.64. The number of esters is 1. The molecule has 0 bridgehead atoms. The van der Waals surface area contributed by atoms with Gasteiger partial charge in [0.15, 0.2) is 0 Å². The normalized spacial score (nSPS) is 19.0. The predicted molar refractivity (Wildman–Crippen MR) is 116 cm³/mol. The molecule has 0 saturated carbocycles. The minimum atomic E-state index is -2.48. The highest BCUT2D eigenvalue weighted by atomic mass is 28.4. The molecule has 150 valence electrons. The number of rotatable bonds is 7. The molecular formula is C24H32O3Si. The number of cyclic esters (lactones) is 1. The van der Waals surface area contributed by atoms with Gasteiger partial charge in [0.1, 0.15) is 5.60 Å². The second-order valence-corrected chi connectivity index (χ2v) is 13.5. The van der Waals surface area contributed by atoms with Gasteiger partial charge in [0.25, 0.3) is 8.32 Å². The van der Waals surface area contributed by atoms with E-state index in [1.165, 1.54) is 10.4 Å². The summed E-state index contributed by atoms with van der Waals surface area (Å²) in [5, 5.41) is 2.55. The zero-order chi connectivity index (χ0) is 20.4. The number of hydrogen-bond donors (Lipinski definition) is 0. The van der Waals surface area contributed by atoms with Crippen LogP contribution in [-0.4, -0.2) is 26.5 Å². The molecule has 1 aliphatic heterocycles. The fraction of sp³-hybridized carbons (Fsp3) is 0.458. The second-order valence-electron chi connectivity index (χ2n) is 9.23. The molecule has 1 unspecified atom stereocenters. The second kappa shape index (κ2) is 7.84. The van der Waals surface area contributed by atoms with Crippen molar-refractivity contribution in [2.75, 3.05) is 6.61 Å². The third-order valence-electron chi connectivity index (χ3n) is 5.86. The number of hydrogen-bond acceptors (Lipinski definition) is 3. The molecule has 0 amide bonds. The molecule has 3 rings (SSSR count). The number of ether oxygens (including phenoxy) is 1. The van der Waals surface area contributed by atoms with Crippen LogP contribution in [0.25, 0.3) is 0 Å². The maximum Gasteiger partial charge on any atom is 0.313 e. The Morgan fingerprint density at radius 1 is 0.964 bits per heavy atom. The van der Waals surface area contributed by atoms with E-state index in [0.717, 1.165) is 12.8 Å². The SMILES string of the molecule is CC1(C)OC(=O)C1CCCO[Si](c1ccccc1)(c1ccccc1)C(C)(C)C. The Balaban J connectivity index is 1.85. The average molecular weight is 397 g/mol. The minimum absolute atomic E-state index is 0.0183. The van der Waals surface area contributed by atoms with Gasteiger partial charge >= 0.3 is 5.97 Å². The van der Waals surface area contributed by atoms with Crippen molar-refractivity contribution in [3.05, 3.63) is 60.7 Å². The molecule has 28 heavy (non-hydrogen) atoms. The smallest absolute Gasteiger partial charge is 0.313 e. The Kier molecular flexibility index (Phi) is 5.83. The summed E-state index contributed by atoms with van der Waals surface area (Å²) in [6.45, 7) is 11.5. The Bertz CT molecular complexity index is 754. The topological polar surface area (TPSA) is 35.5 Å². The van der Waals surface area contributed by atoms with Crippen LogP contribution in [0, 0.1) is 5.92 Å². The highest BCUT2D eigenvalue weighted by molar-refractivity contribution is 6.99. The molecule has 1 atom stereocenters. The van der Waals surface area contributed by atoms with Crippen LogP contribution < -0.4 is 10.4 Å². The molecule has 1 heterocycles. The number of carbonyl (C=O) groups is 1. The van der Waals surface area contributed by atoms with Gasteiger partial charge in [0.05, 0.1) is 5.92 Å². The summed E-state index contributed by atoms with van der Waals surface area (Å²) in [5.74, 6) is -0.0919. The van der Waals surface area contributed by atoms with E-state index in [9.17, 15) is 4.79 Å². The van der Waals surface area contributed by atoms with Crippen molar-refractivity contribution in [1.82, 2.24) is 0 Å². The van der Waals surface area contributed by atoms with E-state index in [0.29, 0.717) is 6.61 Å². The summed E-state index contributed by atoms with van der Waals surface area (Å²) < 4.78 is 12.1. The summed E-state index contributed by atoms with van der Waals surface area (Å²) in [7, 11) is -2.48.